The molecule has 0 fully saturated rings. The highest BCUT2D eigenvalue weighted by atomic mass is 16.1. The van der Waals surface area contributed by atoms with Crippen molar-refractivity contribution in [3.8, 4) is 0 Å². The zero-order valence-electron chi connectivity index (χ0n) is 6.03. The topological polar surface area (TPSA) is 34.3 Å². The molecule has 0 aliphatic carbocycles. The fourth-order valence-corrected chi connectivity index (χ4v) is 0.755. The van der Waals surface area contributed by atoms with Crippen LogP contribution in [0, 0.1) is 13.5 Å². The highest BCUT2D eigenvalue weighted by Crippen LogP contribution is 2.13. The Kier molecular flexibility index (Phi) is 1.98. The van der Waals surface area contributed by atoms with Crippen LogP contribution in [0.5, 0.6) is 0 Å². The average Bonchev–Trinajstić information content (AvgIpc) is 2.04. The van der Waals surface area contributed by atoms with Crippen molar-refractivity contribution < 1.29 is 4.79 Å². The van der Waals surface area contributed by atoms with Gasteiger partial charge in [-0.1, -0.05) is 0 Å². The van der Waals surface area contributed by atoms with E-state index in [4.69, 9.17) is 6.57 Å². The molecule has 0 amide bonds. The number of carbonyl (C=O) groups excluding carboxylic acids is 1. The molecule has 0 spiro atoms. The molecule has 0 atom stereocenters. The maximum atomic E-state index is 10.3. The number of nitrogens with zero attached hydrogens (tertiary/aromatic N) is 2. The van der Waals surface area contributed by atoms with Gasteiger partial charge in [-0.2, -0.15) is 0 Å². The molecule has 0 saturated heterocycles. The van der Waals surface area contributed by atoms with Crippen LogP contribution >= 0.6 is 0 Å². The Bertz CT molecular complexity index is 325. The zero-order valence-corrected chi connectivity index (χ0v) is 6.03. The lowest BCUT2D eigenvalue weighted by molar-refractivity contribution is 0.111. The monoisotopic (exact) mass is 146 g/mol. The van der Waals surface area contributed by atoms with Gasteiger partial charge in [-0.3, -0.25) is 9.78 Å². The Morgan fingerprint density at radius 2 is 2.45 bits per heavy atom. The van der Waals surface area contributed by atoms with Crippen molar-refractivity contribution in [2.45, 2.75) is 6.92 Å². The summed E-state index contributed by atoms with van der Waals surface area (Å²) in [4.78, 5) is 17.3. The number of aldehydes is 1. The van der Waals surface area contributed by atoms with E-state index < -0.39 is 0 Å². The molecule has 0 aliphatic rings. The van der Waals surface area contributed by atoms with Crippen LogP contribution in [0.15, 0.2) is 12.3 Å². The first kappa shape index (κ1) is 7.42. The maximum Gasteiger partial charge on any atom is 0.205 e. The van der Waals surface area contributed by atoms with Crippen molar-refractivity contribution in [3.63, 3.8) is 0 Å². The molecule has 0 unspecified atom stereocenters. The third kappa shape index (κ3) is 1.41. The second-order valence-corrected chi connectivity index (χ2v) is 2.13. The predicted octanol–water partition coefficient (Wildman–Crippen LogP) is 1.75. The van der Waals surface area contributed by atoms with E-state index in [9.17, 15) is 4.79 Å². The summed E-state index contributed by atoms with van der Waals surface area (Å²) in [5, 5.41) is 0. The van der Waals surface area contributed by atoms with Crippen molar-refractivity contribution in [1.29, 1.82) is 0 Å². The number of rotatable bonds is 1. The van der Waals surface area contributed by atoms with Crippen LogP contribution in [0.3, 0.4) is 0 Å². The Balaban J connectivity index is 3.22. The quantitative estimate of drug-likeness (QED) is 0.447. The lowest BCUT2D eigenvalue weighted by Gasteiger charge is -1.95. The fraction of sp³-hybridized carbons (Fsp3) is 0.125. The second kappa shape index (κ2) is 2.93. The highest BCUT2D eigenvalue weighted by molar-refractivity contribution is 5.74. The first-order valence-corrected chi connectivity index (χ1v) is 3.07. The molecule has 0 saturated carbocycles. The lowest BCUT2D eigenvalue weighted by Crippen LogP contribution is -1.89. The summed E-state index contributed by atoms with van der Waals surface area (Å²) in [5.41, 5.74) is 1.61. The molecule has 0 radical (unpaired) electrons. The molecule has 11 heavy (non-hydrogen) atoms. The van der Waals surface area contributed by atoms with Crippen LogP contribution in [0.25, 0.3) is 4.85 Å². The molecule has 0 aromatic carbocycles. The minimum absolute atomic E-state index is 0.400. The zero-order chi connectivity index (χ0) is 8.27. The van der Waals surface area contributed by atoms with Crippen LogP contribution < -0.4 is 0 Å². The molecule has 1 aromatic heterocycles. The molecule has 0 aliphatic heterocycles. The van der Waals surface area contributed by atoms with Gasteiger partial charge in [-0.25, -0.2) is 4.85 Å². The van der Waals surface area contributed by atoms with E-state index in [1.165, 1.54) is 6.20 Å². The van der Waals surface area contributed by atoms with Gasteiger partial charge in [0, 0.05) is 6.20 Å². The van der Waals surface area contributed by atoms with Crippen molar-refractivity contribution in [3.05, 3.63) is 34.9 Å². The van der Waals surface area contributed by atoms with Gasteiger partial charge in [0.05, 0.1) is 6.57 Å². The van der Waals surface area contributed by atoms with E-state index in [0.29, 0.717) is 17.7 Å². The number of hydrogen-bond acceptors (Lipinski definition) is 2. The smallest absolute Gasteiger partial charge is 0.205 e. The number of aromatic nitrogens is 1. The number of hydrogen-bond donors (Lipinski definition) is 0. The molecular weight excluding hydrogens is 140 g/mol. The minimum Gasteiger partial charge on any atom is -0.296 e. The highest BCUT2D eigenvalue weighted by Gasteiger charge is 1.98. The van der Waals surface area contributed by atoms with Gasteiger partial charge in [0.2, 0.25) is 5.69 Å². The van der Waals surface area contributed by atoms with Crippen molar-refractivity contribution in [1.82, 2.24) is 4.98 Å². The summed E-state index contributed by atoms with van der Waals surface area (Å²) in [6.45, 7) is 8.42. The van der Waals surface area contributed by atoms with E-state index >= 15 is 0 Å². The normalized spacial score (nSPS) is 8.73. The van der Waals surface area contributed by atoms with Crippen LogP contribution in [-0.2, 0) is 0 Å². The van der Waals surface area contributed by atoms with Crippen LogP contribution in [0.2, 0.25) is 0 Å². The van der Waals surface area contributed by atoms with E-state index in [1.807, 2.05) is 0 Å². The molecule has 1 aromatic rings. The minimum atomic E-state index is 0.400. The van der Waals surface area contributed by atoms with Gasteiger partial charge in [0.25, 0.3) is 0 Å². The molecule has 54 valence electrons. The van der Waals surface area contributed by atoms with Gasteiger partial charge < -0.3 is 0 Å². The summed E-state index contributed by atoms with van der Waals surface area (Å²) < 4.78 is 0. The lowest BCUT2D eigenvalue weighted by atomic mass is 10.2. The van der Waals surface area contributed by atoms with Crippen molar-refractivity contribution >= 4 is 12.0 Å². The van der Waals surface area contributed by atoms with Crippen LogP contribution in [0.4, 0.5) is 5.69 Å². The third-order valence-electron chi connectivity index (χ3n) is 1.35. The Labute approximate surface area is 64.5 Å². The summed E-state index contributed by atoms with van der Waals surface area (Å²) in [6, 6.07) is 1.64. The first-order chi connectivity index (χ1) is 5.27. The van der Waals surface area contributed by atoms with Crippen LogP contribution in [0.1, 0.15) is 16.1 Å². The number of carbonyl (C=O) groups is 1. The molecule has 0 N–H and O–H groups in total. The number of aryl methyl sites for hydroxylation is 1. The summed E-state index contributed by atoms with van der Waals surface area (Å²) in [7, 11) is 0. The summed E-state index contributed by atoms with van der Waals surface area (Å²) in [5.74, 6) is 0. The molecule has 1 rings (SSSR count). The molecule has 3 nitrogen and oxygen atoms in total. The SMILES string of the molecule is [C-]#[N+]c1cnc(C=O)c(C)c1. The molecule has 0 bridgehead atoms. The maximum absolute atomic E-state index is 10.3. The molecule has 3 heteroatoms. The van der Waals surface area contributed by atoms with Crippen LogP contribution in [-0.4, -0.2) is 11.3 Å². The summed E-state index contributed by atoms with van der Waals surface area (Å²) in [6.07, 6.45) is 2.08. The fourth-order valence-electron chi connectivity index (χ4n) is 0.755. The third-order valence-corrected chi connectivity index (χ3v) is 1.35. The standard InChI is InChI=1S/C8H6N2O/c1-6-3-7(9-2)4-10-8(6)5-11/h3-5H,1H3. The van der Waals surface area contributed by atoms with Gasteiger partial charge in [-0.15, -0.1) is 0 Å². The molecular formula is C8H6N2O. The Hall–Kier alpha value is -1.69. The second-order valence-electron chi connectivity index (χ2n) is 2.13. The van der Waals surface area contributed by atoms with Gasteiger partial charge in [0.15, 0.2) is 6.29 Å². The van der Waals surface area contributed by atoms with E-state index in [0.717, 1.165) is 5.56 Å². The summed E-state index contributed by atoms with van der Waals surface area (Å²) >= 11 is 0. The van der Waals surface area contributed by atoms with E-state index in [-0.39, 0.29) is 0 Å². The van der Waals surface area contributed by atoms with E-state index in [1.54, 1.807) is 13.0 Å². The van der Waals surface area contributed by atoms with Gasteiger partial charge in [0.1, 0.15) is 5.69 Å². The largest absolute Gasteiger partial charge is 0.296 e. The van der Waals surface area contributed by atoms with Crippen molar-refractivity contribution in [2.75, 3.05) is 0 Å². The van der Waals surface area contributed by atoms with Gasteiger partial charge >= 0.3 is 0 Å². The Morgan fingerprint density at radius 3 is 2.91 bits per heavy atom. The Morgan fingerprint density at radius 1 is 1.73 bits per heavy atom. The van der Waals surface area contributed by atoms with Crippen molar-refractivity contribution in [2.24, 2.45) is 0 Å². The van der Waals surface area contributed by atoms with E-state index in [2.05, 4.69) is 9.83 Å². The number of pyridine rings is 1. The first-order valence-electron chi connectivity index (χ1n) is 3.07. The van der Waals surface area contributed by atoms with Gasteiger partial charge in [-0.05, 0) is 18.6 Å². The molecule has 1 heterocycles. The predicted molar refractivity (Wildman–Crippen MR) is 40.6 cm³/mol. The average molecular weight is 146 g/mol.